The van der Waals surface area contributed by atoms with Gasteiger partial charge in [0, 0.05) is 11.5 Å². The van der Waals surface area contributed by atoms with Crippen molar-refractivity contribution in [2.75, 3.05) is 0 Å². The van der Waals surface area contributed by atoms with E-state index in [1.54, 1.807) is 0 Å². The summed E-state index contributed by atoms with van der Waals surface area (Å²) in [5, 5.41) is 18.4. The van der Waals surface area contributed by atoms with Crippen LogP contribution in [0.2, 0.25) is 0 Å². The lowest BCUT2D eigenvalue weighted by atomic mass is 10.2. The Labute approximate surface area is 150 Å². The van der Waals surface area contributed by atoms with Gasteiger partial charge in [0.25, 0.3) is 0 Å². The van der Waals surface area contributed by atoms with E-state index < -0.39 is 0 Å². The van der Waals surface area contributed by atoms with E-state index in [1.165, 1.54) is 23.9 Å². The molecule has 0 unspecified atom stereocenters. The molecule has 2 aromatic carbocycles. The summed E-state index contributed by atoms with van der Waals surface area (Å²) in [6.07, 6.45) is 0. The van der Waals surface area contributed by atoms with Crippen molar-refractivity contribution in [3.05, 3.63) is 71.8 Å². The fourth-order valence-corrected chi connectivity index (χ4v) is 3.05. The van der Waals surface area contributed by atoms with Crippen LogP contribution in [0.25, 0.3) is 0 Å². The summed E-state index contributed by atoms with van der Waals surface area (Å²) < 4.78 is 8.28. The second kappa shape index (κ2) is 10.3. The van der Waals surface area contributed by atoms with Crippen LogP contribution >= 0.6 is 23.9 Å². The normalized spacial score (nSPS) is 11.6. The Kier molecular flexibility index (Phi) is 7.62. The van der Waals surface area contributed by atoms with Gasteiger partial charge >= 0.3 is 0 Å². The molecule has 0 amide bonds. The molecule has 0 heterocycles. The summed E-state index contributed by atoms with van der Waals surface area (Å²) in [6.45, 7) is 0. The molecule has 0 aromatic heterocycles. The molecule has 0 radical (unpaired) electrons. The zero-order valence-corrected chi connectivity index (χ0v) is 14.4. The summed E-state index contributed by atoms with van der Waals surface area (Å²) in [5.41, 5.74) is 2.33. The second-order valence-corrected chi connectivity index (χ2v) is 6.08. The topological polar surface area (TPSA) is 72.3 Å². The lowest BCUT2D eigenvalue weighted by Crippen LogP contribution is -2.08. The van der Waals surface area contributed by atoms with Gasteiger partial charge in [-0.3, -0.25) is 0 Å². The molecule has 118 valence electrons. The molecule has 0 fully saturated rings. The summed E-state index contributed by atoms with van der Waals surface area (Å²) in [4.78, 5) is 0. The van der Waals surface area contributed by atoms with Crippen LogP contribution < -0.4 is 0 Å². The van der Waals surface area contributed by atoms with Crippen molar-refractivity contribution in [3.63, 3.8) is 0 Å². The van der Waals surface area contributed by atoms with Crippen LogP contribution in [-0.4, -0.2) is 11.4 Å². The third-order valence-electron chi connectivity index (χ3n) is 2.90. The fraction of sp³-hybridized carbons (Fsp3) is 0.111. The van der Waals surface area contributed by atoms with Crippen LogP contribution in [0.4, 0.5) is 0 Å². The first-order valence-electron chi connectivity index (χ1n) is 7.12. The summed E-state index contributed by atoms with van der Waals surface area (Å²) in [7, 11) is 0. The molecule has 2 aromatic rings. The Hall–Kier alpha value is -2.54. The Morgan fingerprint density at radius 3 is 1.42 bits per heavy atom. The number of nitriles is 2. The standard InChI is InChI=1S/C18H14N4S2/c19-11-17(21-23-13-15-7-3-1-4-8-15)18(12-20)22-24-14-16-9-5-2-6-10-16/h1-10H,13-14H2/b21-17+,22-18+. The van der Waals surface area contributed by atoms with Crippen molar-refractivity contribution >= 4 is 35.3 Å². The van der Waals surface area contributed by atoms with Gasteiger partial charge in [0.2, 0.25) is 0 Å². The molecule has 0 spiro atoms. The maximum absolute atomic E-state index is 9.21. The lowest BCUT2D eigenvalue weighted by molar-refractivity contribution is 1.41. The van der Waals surface area contributed by atoms with E-state index in [4.69, 9.17) is 0 Å². The van der Waals surface area contributed by atoms with Gasteiger partial charge in [-0.25, -0.2) is 8.80 Å². The SMILES string of the molecule is N#CC(=N\SCc1ccccc1)/C(C#N)=N/SCc1ccccc1. The number of hydrogen-bond donors (Lipinski definition) is 0. The third kappa shape index (κ3) is 5.92. The van der Waals surface area contributed by atoms with E-state index in [1.807, 2.05) is 72.8 Å². The van der Waals surface area contributed by atoms with E-state index in [2.05, 4.69) is 8.80 Å². The van der Waals surface area contributed by atoms with E-state index in [9.17, 15) is 10.5 Å². The molecule has 24 heavy (non-hydrogen) atoms. The van der Waals surface area contributed by atoms with Crippen molar-refractivity contribution in [1.82, 2.24) is 0 Å². The van der Waals surface area contributed by atoms with Gasteiger partial charge in [-0.1, -0.05) is 60.7 Å². The first-order chi connectivity index (χ1) is 11.8. The van der Waals surface area contributed by atoms with Gasteiger partial charge in [-0.2, -0.15) is 10.5 Å². The van der Waals surface area contributed by atoms with E-state index >= 15 is 0 Å². The Morgan fingerprint density at radius 2 is 1.08 bits per heavy atom. The smallest absolute Gasteiger partial charge is 0.185 e. The Balaban J connectivity index is 1.95. The molecule has 0 aliphatic rings. The fourth-order valence-electron chi connectivity index (χ4n) is 1.72. The highest BCUT2D eigenvalue weighted by molar-refractivity contribution is 7.97. The van der Waals surface area contributed by atoms with Crippen molar-refractivity contribution in [2.24, 2.45) is 8.80 Å². The highest BCUT2D eigenvalue weighted by Gasteiger charge is 2.08. The van der Waals surface area contributed by atoms with Crippen LogP contribution in [0, 0.1) is 22.7 Å². The minimum atomic E-state index is 0.0546. The average Bonchev–Trinajstić information content (AvgIpc) is 2.65. The van der Waals surface area contributed by atoms with E-state index in [0.29, 0.717) is 11.5 Å². The molecule has 6 heteroatoms. The number of hydrogen-bond acceptors (Lipinski definition) is 6. The summed E-state index contributed by atoms with van der Waals surface area (Å²) in [6, 6.07) is 23.6. The predicted octanol–water partition coefficient (Wildman–Crippen LogP) is 4.61. The Morgan fingerprint density at radius 1 is 0.708 bits per heavy atom. The third-order valence-corrected chi connectivity index (χ3v) is 4.44. The van der Waals surface area contributed by atoms with Crippen LogP contribution in [0.1, 0.15) is 11.1 Å². The zero-order valence-electron chi connectivity index (χ0n) is 12.8. The molecule has 0 saturated heterocycles. The molecule has 0 aliphatic heterocycles. The lowest BCUT2D eigenvalue weighted by Gasteiger charge is -1.99. The highest BCUT2D eigenvalue weighted by Crippen LogP contribution is 2.15. The minimum Gasteiger partial charge on any atom is -0.202 e. The molecule has 0 bridgehead atoms. The predicted molar refractivity (Wildman–Crippen MR) is 102 cm³/mol. The van der Waals surface area contributed by atoms with Crippen LogP contribution in [0.3, 0.4) is 0 Å². The quantitative estimate of drug-likeness (QED) is 0.540. The van der Waals surface area contributed by atoms with Crippen LogP contribution in [0.15, 0.2) is 69.5 Å². The van der Waals surface area contributed by atoms with Crippen molar-refractivity contribution in [2.45, 2.75) is 11.5 Å². The van der Waals surface area contributed by atoms with E-state index in [0.717, 1.165) is 11.1 Å². The number of nitrogens with zero attached hydrogens (tertiary/aromatic N) is 4. The van der Waals surface area contributed by atoms with Crippen molar-refractivity contribution in [3.8, 4) is 12.1 Å². The van der Waals surface area contributed by atoms with E-state index in [-0.39, 0.29) is 11.4 Å². The first-order valence-corrected chi connectivity index (χ1v) is 9.00. The molecule has 0 atom stereocenters. The molecule has 0 aliphatic carbocycles. The molecule has 4 nitrogen and oxygen atoms in total. The molecular formula is C18H14N4S2. The molecule has 2 rings (SSSR count). The minimum absolute atomic E-state index is 0.0546. The Bertz CT molecular complexity index is 718. The molecule has 0 N–H and O–H groups in total. The van der Waals surface area contributed by atoms with Gasteiger partial charge in [0.05, 0.1) is 0 Å². The second-order valence-electron chi connectivity index (χ2n) is 4.62. The van der Waals surface area contributed by atoms with Crippen LogP contribution in [0.5, 0.6) is 0 Å². The van der Waals surface area contributed by atoms with Gasteiger partial charge in [0.1, 0.15) is 12.1 Å². The number of benzene rings is 2. The summed E-state index contributed by atoms with van der Waals surface area (Å²) >= 11 is 2.47. The first kappa shape index (κ1) is 17.8. The maximum atomic E-state index is 9.21. The van der Waals surface area contributed by atoms with Gasteiger partial charge in [-0.15, -0.1) is 0 Å². The number of rotatable bonds is 7. The average molecular weight is 350 g/mol. The maximum Gasteiger partial charge on any atom is 0.185 e. The van der Waals surface area contributed by atoms with Crippen molar-refractivity contribution < 1.29 is 0 Å². The zero-order chi connectivity index (χ0) is 17.0. The van der Waals surface area contributed by atoms with Crippen LogP contribution in [-0.2, 0) is 11.5 Å². The molecular weight excluding hydrogens is 336 g/mol. The monoisotopic (exact) mass is 350 g/mol. The van der Waals surface area contributed by atoms with Crippen molar-refractivity contribution in [1.29, 1.82) is 10.5 Å². The molecule has 0 saturated carbocycles. The summed E-state index contributed by atoms with van der Waals surface area (Å²) in [5.74, 6) is 1.28. The highest BCUT2D eigenvalue weighted by atomic mass is 32.2. The van der Waals surface area contributed by atoms with Gasteiger partial charge in [0.15, 0.2) is 11.4 Å². The largest absolute Gasteiger partial charge is 0.202 e. The van der Waals surface area contributed by atoms with Gasteiger partial charge in [-0.05, 0) is 35.0 Å². The van der Waals surface area contributed by atoms with Gasteiger partial charge < -0.3 is 0 Å².